The molecule has 0 spiro atoms. The number of rotatable bonds is 29. The topological polar surface area (TPSA) is 149 Å². The van der Waals surface area contributed by atoms with Gasteiger partial charge in [-0.25, -0.2) is 0 Å². The van der Waals surface area contributed by atoms with E-state index < -0.39 is 45.5 Å². The van der Waals surface area contributed by atoms with Crippen molar-refractivity contribution in [1.29, 1.82) is 0 Å². The predicted molar refractivity (Wildman–Crippen MR) is 244 cm³/mol. The molecule has 60 heavy (non-hydrogen) atoms. The number of aryl methyl sites for hydroxylation is 4. The van der Waals surface area contributed by atoms with Crippen molar-refractivity contribution >= 4 is 23.9 Å². The third kappa shape index (κ3) is 15.7. The molecule has 0 atom stereocenters. The summed E-state index contributed by atoms with van der Waals surface area (Å²) in [4.78, 5) is 47.1. The van der Waals surface area contributed by atoms with Crippen LogP contribution in [0.15, 0.2) is 12.1 Å². The van der Waals surface area contributed by atoms with Crippen LogP contribution in [-0.4, -0.2) is 44.3 Å². The maximum Gasteiger partial charge on any atom is 0.309 e. The number of carboxylic acid groups (broad SMARTS) is 4. The minimum Gasteiger partial charge on any atom is -0.481 e. The summed E-state index contributed by atoms with van der Waals surface area (Å²) in [5, 5.41) is 38.6. The zero-order valence-corrected chi connectivity index (χ0v) is 39.7. The van der Waals surface area contributed by atoms with Gasteiger partial charge in [0.05, 0.1) is 21.7 Å². The van der Waals surface area contributed by atoms with Gasteiger partial charge in [0.2, 0.25) is 0 Å². The molecule has 8 heteroatoms. The molecule has 0 unspecified atom stereocenters. The first kappa shape index (κ1) is 52.5. The summed E-state index contributed by atoms with van der Waals surface area (Å²) in [5.74, 6) is -3.03. The number of hydrogen-bond acceptors (Lipinski definition) is 4. The Kier molecular flexibility index (Phi) is 20.1. The lowest BCUT2D eigenvalue weighted by atomic mass is 9.82. The fourth-order valence-corrected chi connectivity index (χ4v) is 8.52. The van der Waals surface area contributed by atoms with Crippen molar-refractivity contribution in [2.45, 2.75) is 212 Å². The maximum absolute atomic E-state index is 11.8. The molecule has 0 saturated carbocycles. The molecule has 0 aliphatic heterocycles. The van der Waals surface area contributed by atoms with Gasteiger partial charge < -0.3 is 20.4 Å². The molecule has 2 aromatic rings. The summed E-state index contributed by atoms with van der Waals surface area (Å²) < 4.78 is 0. The van der Waals surface area contributed by atoms with Crippen LogP contribution in [0.25, 0.3) is 0 Å². The number of unbranched alkanes of at least 4 members (excludes halogenated alkanes) is 6. The maximum atomic E-state index is 11.8. The number of aliphatic carboxylic acids is 4. The second kappa shape index (κ2) is 23.0. The molecule has 0 aliphatic rings. The summed E-state index contributed by atoms with van der Waals surface area (Å²) in [6.45, 7) is 23.3. The fraction of sp³-hybridized carbons (Fsp3) is 0.692. The Labute approximate surface area is 363 Å². The van der Waals surface area contributed by atoms with Crippen molar-refractivity contribution in [3.05, 3.63) is 67.8 Å². The molecule has 0 heterocycles. The fourth-order valence-electron chi connectivity index (χ4n) is 8.52. The van der Waals surface area contributed by atoms with Gasteiger partial charge in [0.15, 0.2) is 0 Å². The van der Waals surface area contributed by atoms with Crippen molar-refractivity contribution in [2.24, 2.45) is 21.7 Å². The van der Waals surface area contributed by atoms with Crippen molar-refractivity contribution in [1.82, 2.24) is 0 Å². The predicted octanol–water partition coefficient (Wildman–Crippen LogP) is 12.8. The second-order valence-electron chi connectivity index (χ2n) is 20.6. The summed E-state index contributed by atoms with van der Waals surface area (Å²) in [6, 6.07) is 4.77. The van der Waals surface area contributed by atoms with Crippen LogP contribution < -0.4 is 0 Å². The molecule has 0 radical (unpaired) electrons. The van der Waals surface area contributed by atoms with Crippen molar-refractivity contribution in [3.63, 3.8) is 0 Å². The summed E-state index contributed by atoms with van der Waals surface area (Å²) >= 11 is 0. The van der Waals surface area contributed by atoms with Gasteiger partial charge in [-0.3, -0.25) is 19.2 Å². The standard InChI is InChI=1S/C52H82O8/c1-35-33-41(24-15-13-19-29-49(5,6)45(53)54)44(43(36(35)2)26-18-22-32-52(11,12)48(59)60)28-27-40-34-39(23-17-21-31-51(9,10)47(57)58)37(3)42(38(40)4)25-16-14-20-30-50(7,8)46(55)56/h33-34H,13-32H2,1-12H3,(H,53,54)(H,55,56)(H,57,58)(H,59,60). The highest BCUT2D eigenvalue weighted by atomic mass is 16.4. The highest BCUT2D eigenvalue weighted by Crippen LogP contribution is 2.33. The number of hydrogen-bond donors (Lipinski definition) is 4. The van der Waals surface area contributed by atoms with Gasteiger partial charge in [0.25, 0.3) is 0 Å². The van der Waals surface area contributed by atoms with Crippen LogP contribution in [0.5, 0.6) is 0 Å². The zero-order chi connectivity index (χ0) is 45.6. The monoisotopic (exact) mass is 835 g/mol. The van der Waals surface area contributed by atoms with Crippen LogP contribution in [0.3, 0.4) is 0 Å². The van der Waals surface area contributed by atoms with E-state index in [-0.39, 0.29) is 0 Å². The Morgan fingerprint density at radius 2 is 0.700 bits per heavy atom. The summed E-state index contributed by atoms with van der Waals surface area (Å²) in [5.41, 5.74) is 10.5. The van der Waals surface area contributed by atoms with Crippen molar-refractivity contribution < 1.29 is 39.6 Å². The summed E-state index contributed by atoms with van der Waals surface area (Å²) in [7, 11) is 0. The van der Waals surface area contributed by atoms with Crippen molar-refractivity contribution in [3.8, 4) is 0 Å². The number of carbonyl (C=O) groups is 4. The van der Waals surface area contributed by atoms with Crippen LogP contribution in [0.2, 0.25) is 0 Å². The van der Waals surface area contributed by atoms with E-state index in [0.29, 0.717) is 25.7 Å². The first-order valence-corrected chi connectivity index (χ1v) is 22.9. The van der Waals surface area contributed by atoms with E-state index in [1.807, 2.05) is 0 Å². The third-order valence-corrected chi connectivity index (χ3v) is 13.8. The largest absolute Gasteiger partial charge is 0.481 e. The van der Waals surface area contributed by atoms with E-state index in [9.17, 15) is 39.6 Å². The third-order valence-electron chi connectivity index (χ3n) is 13.8. The molecule has 4 N–H and O–H groups in total. The molecule has 0 saturated heterocycles. The van der Waals surface area contributed by atoms with Crippen LogP contribution in [0.4, 0.5) is 0 Å². The van der Waals surface area contributed by atoms with Crippen molar-refractivity contribution in [2.75, 3.05) is 0 Å². The average Bonchev–Trinajstić information content (AvgIpc) is 3.14. The Balaban J connectivity index is 2.50. The number of benzene rings is 2. The van der Waals surface area contributed by atoms with Crippen LogP contribution in [0.1, 0.15) is 201 Å². The Bertz CT molecular complexity index is 1780. The van der Waals surface area contributed by atoms with Crippen LogP contribution in [-0.2, 0) is 57.7 Å². The molecule has 0 aromatic heterocycles. The van der Waals surface area contributed by atoms with E-state index in [0.717, 1.165) is 103 Å². The number of carboxylic acids is 4. The SMILES string of the molecule is Cc1cc(CCCCCC(C)(C)C(=O)O)c(CCc2cc(CCCCC(C)(C)C(=O)O)c(C)c(CCCCCC(C)(C)C(=O)O)c2C)c(CCCCC(C)(C)C(=O)O)c1C. The van der Waals surface area contributed by atoms with Crippen LogP contribution >= 0.6 is 0 Å². The molecule has 0 fully saturated rings. The van der Waals surface area contributed by atoms with Crippen LogP contribution in [0, 0.1) is 49.4 Å². The van der Waals surface area contributed by atoms with E-state index in [2.05, 4.69) is 39.8 Å². The first-order valence-electron chi connectivity index (χ1n) is 22.9. The molecule has 0 bridgehead atoms. The average molecular weight is 835 g/mol. The molecule has 2 rings (SSSR count). The van der Waals surface area contributed by atoms with Gasteiger partial charge in [0.1, 0.15) is 0 Å². The molecular formula is C52H82O8. The second-order valence-corrected chi connectivity index (χ2v) is 20.6. The molecule has 338 valence electrons. The molecule has 8 nitrogen and oxygen atoms in total. The quantitative estimate of drug-likeness (QED) is 0.0592. The lowest BCUT2D eigenvalue weighted by molar-refractivity contribution is -0.148. The first-order chi connectivity index (χ1) is 27.7. The minimum atomic E-state index is -0.762. The van der Waals surface area contributed by atoms with Gasteiger partial charge in [-0.1, -0.05) is 50.7 Å². The molecule has 2 aromatic carbocycles. The molecule has 0 amide bonds. The summed E-state index contributed by atoms with van der Waals surface area (Å²) in [6.07, 6.45) is 17.1. The van der Waals surface area contributed by atoms with Gasteiger partial charge in [0, 0.05) is 0 Å². The molecule has 0 aliphatic carbocycles. The van der Waals surface area contributed by atoms with Gasteiger partial charge >= 0.3 is 23.9 Å². The molecular weight excluding hydrogens is 753 g/mol. The van der Waals surface area contributed by atoms with Gasteiger partial charge in [-0.15, -0.1) is 0 Å². The minimum absolute atomic E-state index is 0.626. The van der Waals surface area contributed by atoms with E-state index >= 15 is 0 Å². The lowest BCUT2D eigenvalue weighted by Crippen LogP contribution is -2.23. The Morgan fingerprint density at radius 3 is 1.13 bits per heavy atom. The highest BCUT2D eigenvalue weighted by Gasteiger charge is 2.29. The Hall–Kier alpha value is -3.68. The highest BCUT2D eigenvalue weighted by molar-refractivity contribution is 5.74. The smallest absolute Gasteiger partial charge is 0.309 e. The lowest BCUT2D eigenvalue weighted by Gasteiger charge is -2.23. The van der Waals surface area contributed by atoms with Gasteiger partial charge in [-0.05, 0) is 229 Å². The normalized spacial score (nSPS) is 12.5. The van der Waals surface area contributed by atoms with Gasteiger partial charge in [-0.2, -0.15) is 0 Å². The van der Waals surface area contributed by atoms with E-state index in [1.54, 1.807) is 55.4 Å². The zero-order valence-electron chi connectivity index (χ0n) is 39.7. The van der Waals surface area contributed by atoms with E-state index in [4.69, 9.17) is 0 Å². The van der Waals surface area contributed by atoms with E-state index in [1.165, 1.54) is 55.6 Å². The Morgan fingerprint density at radius 1 is 0.367 bits per heavy atom.